The first kappa shape index (κ1) is 12.7. The van der Waals surface area contributed by atoms with Crippen LogP contribution in [-0.2, 0) is 0 Å². The maximum absolute atomic E-state index is 5.20. The molecule has 0 aromatic carbocycles. The molecule has 4 heteroatoms. The van der Waals surface area contributed by atoms with Crippen LogP contribution < -0.4 is 9.64 Å². The third-order valence-electron chi connectivity index (χ3n) is 3.27. The molecular weight excluding hydrogens is 280 g/mol. The standard InChI is InChI=1S/C13H19BrN2O/c1-17-13-8-5-7-12(15-13)16-9-4-2-3-6-11(16)10-14/h5,7-8,11H,2-4,6,9-10H2,1H3. The molecule has 17 heavy (non-hydrogen) atoms. The van der Waals surface area contributed by atoms with Crippen LogP contribution in [0.5, 0.6) is 5.88 Å². The molecule has 0 N–H and O–H groups in total. The average Bonchev–Trinajstić information content (AvgIpc) is 2.63. The van der Waals surface area contributed by atoms with Crippen molar-refractivity contribution in [3.8, 4) is 5.88 Å². The summed E-state index contributed by atoms with van der Waals surface area (Å²) >= 11 is 3.62. The van der Waals surface area contributed by atoms with E-state index >= 15 is 0 Å². The van der Waals surface area contributed by atoms with Crippen molar-refractivity contribution in [1.82, 2.24) is 4.98 Å². The molecule has 1 aromatic heterocycles. The van der Waals surface area contributed by atoms with Crippen molar-refractivity contribution in [3.63, 3.8) is 0 Å². The lowest BCUT2D eigenvalue weighted by atomic mass is 10.1. The maximum Gasteiger partial charge on any atom is 0.214 e. The van der Waals surface area contributed by atoms with Gasteiger partial charge in [0.25, 0.3) is 0 Å². The SMILES string of the molecule is COc1cccc(N2CCCCCC2CBr)n1. The number of pyridine rings is 1. The van der Waals surface area contributed by atoms with Crippen LogP contribution in [0.25, 0.3) is 0 Å². The highest BCUT2D eigenvalue weighted by molar-refractivity contribution is 9.09. The van der Waals surface area contributed by atoms with Gasteiger partial charge in [0.15, 0.2) is 0 Å². The van der Waals surface area contributed by atoms with E-state index in [-0.39, 0.29) is 0 Å². The number of nitrogens with zero attached hydrogens (tertiary/aromatic N) is 2. The summed E-state index contributed by atoms with van der Waals surface area (Å²) in [4.78, 5) is 6.94. The number of hydrogen-bond acceptors (Lipinski definition) is 3. The van der Waals surface area contributed by atoms with Crippen LogP contribution in [0.3, 0.4) is 0 Å². The van der Waals surface area contributed by atoms with Crippen molar-refractivity contribution >= 4 is 21.7 Å². The monoisotopic (exact) mass is 298 g/mol. The largest absolute Gasteiger partial charge is 0.481 e. The molecular formula is C13H19BrN2O. The molecule has 1 aromatic rings. The van der Waals surface area contributed by atoms with Gasteiger partial charge in [0, 0.05) is 24.0 Å². The minimum atomic E-state index is 0.553. The van der Waals surface area contributed by atoms with Gasteiger partial charge in [-0.05, 0) is 18.9 Å². The molecule has 3 nitrogen and oxygen atoms in total. The lowest BCUT2D eigenvalue weighted by molar-refractivity contribution is 0.397. The molecule has 2 heterocycles. The second-order valence-corrected chi connectivity index (χ2v) is 5.04. The zero-order valence-corrected chi connectivity index (χ0v) is 11.8. The lowest BCUT2D eigenvalue weighted by Gasteiger charge is -2.29. The second-order valence-electron chi connectivity index (χ2n) is 4.39. The van der Waals surface area contributed by atoms with Crippen LogP contribution in [0, 0.1) is 0 Å². The van der Waals surface area contributed by atoms with Gasteiger partial charge in [-0.1, -0.05) is 34.8 Å². The Balaban J connectivity index is 2.21. The summed E-state index contributed by atoms with van der Waals surface area (Å²) < 4.78 is 5.20. The van der Waals surface area contributed by atoms with Crippen LogP contribution in [0.2, 0.25) is 0 Å². The van der Waals surface area contributed by atoms with E-state index in [1.807, 2.05) is 12.1 Å². The number of hydrogen-bond donors (Lipinski definition) is 0. The van der Waals surface area contributed by atoms with Gasteiger partial charge in [-0.3, -0.25) is 0 Å². The zero-order chi connectivity index (χ0) is 12.1. The minimum Gasteiger partial charge on any atom is -0.481 e. The van der Waals surface area contributed by atoms with E-state index in [1.165, 1.54) is 25.7 Å². The smallest absolute Gasteiger partial charge is 0.214 e. The fourth-order valence-corrected chi connectivity index (χ4v) is 2.99. The maximum atomic E-state index is 5.20. The summed E-state index contributed by atoms with van der Waals surface area (Å²) in [6.45, 7) is 1.09. The fraction of sp³-hybridized carbons (Fsp3) is 0.615. The molecule has 0 radical (unpaired) electrons. The summed E-state index contributed by atoms with van der Waals surface area (Å²) in [6.07, 6.45) is 5.13. The van der Waals surface area contributed by atoms with Gasteiger partial charge in [0.05, 0.1) is 7.11 Å². The molecule has 1 unspecified atom stereocenters. The Morgan fingerprint density at radius 2 is 2.29 bits per heavy atom. The number of rotatable bonds is 3. The predicted molar refractivity (Wildman–Crippen MR) is 74.2 cm³/mol. The molecule has 1 aliphatic heterocycles. The summed E-state index contributed by atoms with van der Waals surface area (Å²) in [7, 11) is 1.66. The van der Waals surface area contributed by atoms with Crippen LogP contribution in [0.15, 0.2) is 18.2 Å². The Kier molecular flexibility index (Phi) is 4.66. The molecule has 94 valence electrons. The van der Waals surface area contributed by atoms with Gasteiger partial charge in [-0.2, -0.15) is 4.98 Å². The number of halogens is 1. The molecule has 1 aliphatic rings. The topological polar surface area (TPSA) is 25.4 Å². The van der Waals surface area contributed by atoms with Crippen LogP contribution >= 0.6 is 15.9 Å². The fourth-order valence-electron chi connectivity index (χ4n) is 2.32. The number of methoxy groups -OCH3 is 1. The van der Waals surface area contributed by atoms with Crippen molar-refractivity contribution < 1.29 is 4.74 Å². The number of anilines is 1. The van der Waals surface area contributed by atoms with Crippen LogP contribution in [0.4, 0.5) is 5.82 Å². The van der Waals surface area contributed by atoms with Crippen molar-refractivity contribution in [1.29, 1.82) is 0 Å². The summed E-state index contributed by atoms with van der Waals surface area (Å²) in [6, 6.07) is 6.53. The Hall–Kier alpha value is -0.770. The normalized spacial score (nSPS) is 21.1. The molecule has 2 rings (SSSR count). The van der Waals surface area contributed by atoms with Gasteiger partial charge >= 0.3 is 0 Å². The Morgan fingerprint density at radius 3 is 3.06 bits per heavy atom. The van der Waals surface area contributed by atoms with E-state index in [4.69, 9.17) is 4.74 Å². The quantitative estimate of drug-likeness (QED) is 0.801. The third kappa shape index (κ3) is 3.12. The highest BCUT2D eigenvalue weighted by Crippen LogP contribution is 2.25. The van der Waals surface area contributed by atoms with Gasteiger partial charge in [0.1, 0.15) is 5.82 Å². The number of alkyl halides is 1. The molecule has 1 atom stereocenters. The zero-order valence-electron chi connectivity index (χ0n) is 10.2. The van der Waals surface area contributed by atoms with E-state index in [0.717, 1.165) is 17.7 Å². The minimum absolute atomic E-state index is 0.553. The van der Waals surface area contributed by atoms with Crippen LogP contribution in [-0.4, -0.2) is 30.0 Å². The molecule has 1 saturated heterocycles. The predicted octanol–water partition coefficient (Wildman–Crippen LogP) is 3.23. The molecule has 0 amide bonds. The first-order valence-electron chi connectivity index (χ1n) is 6.19. The van der Waals surface area contributed by atoms with E-state index in [2.05, 4.69) is 31.9 Å². The molecule has 0 aliphatic carbocycles. The first-order chi connectivity index (χ1) is 8.35. The molecule has 1 fully saturated rings. The number of ether oxygens (including phenoxy) is 1. The first-order valence-corrected chi connectivity index (χ1v) is 7.31. The summed E-state index contributed by atoms with van der Waals surface area (Å²) in [5.41, 5.74) is 0. The van der Waals surface area contributed by atoms with Gasteiger partial charge < -0.3 is 9.64 Å². The van der Waals surface area contributed by atoms with Crippen molar-refractivity contribution in [3.05, 3.63) is 18.2 Å². The van der Waals surface area contributed by atoms with Gasteiger partial charge in [-0.15, -0.1) is 0 Å². The summed E-state index contributed by atoms with van der Waals surface area (Å²) in [5, 5.41) is 1.01. The highest BCUT2D eigenvalue weighted by Gasteiger charge is 2.21. The molecule has 0 spiro atoms. The van der Waals surface area contributed by atoms with Gasteiger partial charge in [0.2, 0.25) is 5.88 Å². The van der Waals surface area contributed by atoms with Crippen LogP contribution in [0.1, 0.15) is 25.7 Å². The van der Waals surface area contributed by atoms with E-state index in [1.54, 1.807) is 7.11 Å². The Morgan fingerprint density at radius 1 is 1.41 bits per heavy atom. The van der Waals surface area contributed by atoms with E-state index < -0.39 is 0 Å². The Labute approximate surface area is 111 Å². The van der Waals surface area contributed by atoms with Crippen molar-refractivity contribution in [2.45, 2.75) is 31.7 Å². The van der Waals surface area contributed by atoms with Gasteiger partial charge in [-0.25, -0.2) is 0 Å². The van der Waals surface area contributed by atoms with E-state index in [9.17, 15) is 0 Å². The lowest BCUT2D eigenvalue weighted by Crippen LogP contribution is -2.36. The number of aromatic nitrogens is 1. The summed E-state index contributed by atoms with van der Waals surface area (Å²) in [5.74, 6) is 1.73. The van der Waals surface area contributed by atoms with E-state index in [0.29, 0.717) is 11.9 Å². The highest BCUT2D eigenvalue weighted by atomic mass is 79.9. The Bertz CT molecular complexity index is 359. The second kappa shape index (κ2) is 6.24. The van der Waals surface area contributed by atoms with Crippen molar-refractivity contribution in [2.75, 3.05) is 23.9 Å². The third-order valence-corrected chi connectivity index (χ3v) is 4.01. The molecule has 0 saturated carbocycles. The molecule has 0 bridgehead atoms. The van der Waals surface area contributed by atoms with Crippen molar-refractivity contribution in [2.24, 2.45) is 0 Å². The average molecular weight is 299 g/mol.